The van der Waals surface area contributed by atoms with Gasteiger partial charge in [-0.3, -0.25) is 9.80 Å². The van der Waals surface area contributed by atoms with Crippen LogP contribution in [0.1, 0.15) is 40.0 Å². The molecule has 14 heavy (non-hydrogen) atoms. The summed E-state index contributed by atoms with van der Waals surface area (Å²) >= 11 is 0. The molecule has 0 aromatic rings. The number of unbranched alkanes of at least 4 members (excludes halogenated alkanes) is 1. The molecule has 3 unspecified atom stereocenters. The lowest BCUT2D eigenvalue weighted by atomic mass is 10.0. The van der Waals surface area contributed by atoms with Gasteiger partial charge in [0.2, 0.25) is 0 Å². The Hall–Kier alpha value is -0.0800. The number of rotatable bonds is 7. The number of hydrogen-bond donors (Lipinski definition) is 0. The standard InChI is InChI=1S/C12H26N2/c1-5-7-8-11(3)9-14-10-12(14)13(4)6-2/h11-12H,5-10H2,1-4H3. The minimum Gasteiger partial charge on any atom is -0.290 e. The van der Waals surface area contributed by atoms with Crippen LogP contribution in [0, 0.1) is 5.92 Å². The molecule has 2 heteroatoms. The number of likely N-dealkylation sites (N-methyl/N-ethyl adjacent to an activating group) is 1. The van der Waals surface area contributed by atoms with Gasteiger partial charge in [0.05, 0.1) is 6.17 Å². The van der Waals surface area contributed by atoms with E-state index in [1.807, 2.05) is 0 Å². The Labute approximate surface area is 89.3 Å². The van der Waals surface area contributed by atoms with Crippen molar-refractivity contribution in [3.8, 4) is 0 Å². The van der Waals surface area contributed by atoms with Crippen molar-refractivity contribution < 1.29 is 0 Å². The van der Waals surface area contributed by atoms with Gasteiger partial charge in [-0.2, -0.15) is 0 Å². The Morgan fingerprint density at radius 1 is 1.43 bits per heavy atom. The second kappa shape index (κ2) is 5.72. The Morgan fingerprint density at radius 3 is 2.71 bits per heavy atom. The molecule has 84 valence electrons. The Morgan fingerprint density at radius 2 is 2.14 bits per heavy atom. The van der Waals surface area contributed by atoms with Crippen LogP contribution in [-0.4, -0.2) is 42.6 Å². The lowest BCUT2D eigenvalue weighted by molar-refractivity contribution is 0.256. The Bertz CT molecular complexity index is 158. The van der Waals surface area contributed by atoms with E-state index in [0.717, 1.165) is 12.1 Å². The maximum atomic E-state index is 2.59. The molecule has 1 aliphatic rings. The van der Waals surface area contributed by atoms with Crippen LogP contribution in [0.4, 0.5) is 0 Å². The monoisotopic (exact) mass is 198 g/mol. The van der Waals surface area contributed by atoms with Gasteiger partial charge in [0, 0.05) is 13.1 Å². The first-order valence-corrected chi connectivity index (χ1v) is 6.13. The van der Waals surface area contributed by atoms with Crippen molar-refractivity contribution in [2.24, 2.45) is 5.92 Å². The van der Waals surface area contributed by atoms with Gasteiger partial charge in [0.1, 0.15) is 0 Å². The zero-order valence-electron chi connectivity index (χ0n) is 10.3. The second-order valence-corrected chi connectivity index (χ2v) is 4.76. The van der Waals surface area contributed by atoms with Crippen LogP contribution in [0.3, 0.4) is 0 Å². The van der Waals surface area contributed by atoms with Crippen molar-refractivity contribution in [2.75, 3.05) is 26.7 Å². The smallest absolute Gasteiger partial charge is 0.0752 e. The zero-order valence-corrected chi connectivity index (χ0v) is 10.3. The van der Waals surface area contributed by atoms with Crippen LogP contribution in [-0.2, 0) is 0 Å². The van der Waals surface area contributed by atoms with Crippen molar-refractivity contribution in [1.29, 1.82) is 0 Å². The third-order valence-corrected chi connectivity index (χ3v) is 3.29. The summed E-state index contributed by atoms with van der Waals surface area (Å²) in [6.07, 6.45) is 4.88. The van der Waals surface area contributed by atoms with Crippen LogP contribution in [0.2, 0.25) is 0 Å². The molecule has 0 aromatic heterocycles. The van der Waals surface area contributed by atoms with E-state index in [9.17, 15) is 0 Å². The fourth-order valence-electron chi connectivity index (χ4n) is 2.03. The number of nitrogens with zero attached hydrogens (tertiary/aromatic N) is 2. The van der Waals surface area contributed by atoms with E-state index in [-0.39, 0.29) is 0 Å². The minimum absolute atomic E-state index is 0.754. The maximum absolute atomic E-state index is 2.59. The second-order valence-electron chi connectivity index (χ2n) is 4.76. The highest BCUT2D eigenvalue weighted by atomic mass is 15.5. The van der Waals surface area contributed by atoms with Gasteiger partial charge in [-0.05, 0) is 25.9 Å². The first kappa shape index (κ1) is 12.0. The molecule has 1 aliphatic heterocycles. The average molecular weight is 198 g/mol. The van der Waals surface area contributed by atoms with E-state index in [0.29, 0.717) is 0 Å². The molecule has 0 bridgehead atoms. The molecule has 1 rings (SSSR count). The van der Waals surface area contributed by atoms with Crippen LogP contribution in [0.25, 0.3) is 0 Å². The summed E-state index contributed by atoms with van der Waals surface area (Å²) in [6.45, 7) is 10.7. The van der Waals surface area contributed by atoms with Crippen LogP contribution < -0.4 is 0 Å². The molecule has 1 heterocycles. The molecule has 0 saturated carbocycles. The van der Waals surface area contributed by atoms with Crippen molar-refractivity contribution in [1.82, 2.24) is 9.80 Å². The van der Waals surface area contributed by atoms with Crippen LogP contribution in [0.15, 0.2) is 0 Å². The van der Waals surface area contributed by atoms with Crippen molar-refractivity contribution >= 4 is 0 Å². The molecular formula is C12H26N2. The molecule has 0 aliphatic carbocycles. The predicted molar refractivity (Wildman–Crippen MR) is 62.4 cm³/mol. The molecule has 0 spiro atoms. The molecular weight excluding hydrogens is 172 g/mol. The van der Waals surface area contributed by atoms with Crippen molar-refractivity contribution in [3.63, 3.8) is 0 Å². The van der Waals surface area contributed by atoms with E-state index in [1.54, 1.807) is 0 Å². The van der Waals surface area contributed by atoms with E-state index in [1.165, 1.54) is 38.9 Å². The molecule has 1 fully saturated rings. The summed E-state index contributed by atoms with van der Waals surface area (Å²) in [5, 5.41) is 0. The Balaban J connectivity index is 2.09. The minimum atomic E-state index is 0.754. The summed E-state index contributed by atoms with van der Waals surface area (Å²) in [6, 6.07) is 0. The van der Waals surface area contributed by atoms with E-state index >= 15 is 0 Å². The van der Waals surface area contributed by atoms with Gasteiger partial charge >= 0.3 is 0 Å². The molecule has 0 N–H and O–H groups in total. The summed E-state index contributed by atoms with van der Waals surface area (Å²) in [5.74, 6) is 0.880. The summed E-state index contributed by atoms with van der Waals surface area (Å²) in [4.78, 5) is 5.02. The van der Waals surface area contributed by atoms with Gasteiger partial charge in [-0.1, -0.05) is 33.6 Å². The lowest BCUT2D eigenvalue weighted by Crippen LogP contribution is -2.26. The van der Waals surface area contributed by atoms with Gasteiger partial charge < -0.3 is 0 Å². The Kier molecular flexibility index (Phi) is 4.90. The van der Waals surface area contributed by atoms with Crippen LogP contribution in [0.5, 0.6) is 0 Å². The van der Waals surface area contributed by atoms with E-state index in [2.05, 4.69) is 37.6 Å². The number of hydrogen-bond acceptors (Lipinski definition) is 2. The maximum Gasteiger partial charge on any atom is 0.0752 e. The predicted octanol–water partition coefficient (Wildman–Crippen LogP) is 2.41. The fraction of sp³-hybridized carbons (Fsp3) is 1.00. The first-order chi connectivity index (χ1) is 6.69. The van der Waals surface area contributed by atoms with E-state index < -0.39 is 0 Å². The van der Waals surface area contributed by atoms with Gasteiger partial charge in [0.15, 0.2) is 0 Å². The largest absolute Gasteiger partial charge is 0.290 e. The van der Waals surface area contributed by atoms with Crippen molar-refractivity contribution in [2.45, 2.75) is 46.2 Å². The molecule has 3 atom stereocenters. The van der Waals surface area contributed by atoms with Gasteiger partial charge in [-0.25, -0.2) is 0 Å². The quantitative estimate of drug-likeness (QED) is 0.580. The molecule has 1 saturated heterocycles. The zero-order chi connectivity index (χ0) is 10.6. The van der Waals surface area contributed by atoms with Gasteiger partial charge in [-0.15, -0.1) is 0 Å². The highest BCUT2D eigenvalue weighted by Crippen LogP contribution is 2.23. The summed E-state index contributed by atoms with van der Waals surface area (Å²) < 4.78 is 0. The third kappa shape index (κ3) is 3.58. The molecule has 0 radical (unpaired) electrons. The summed E-state index contributed by atoms with van der Waals surface area (Å²) in [5.41, 5.74) is 0. The van der Waals surface area contributed by atoms with Gasteiger partial charge in [0.25, 0.3) is 0 Å². The first-order valence-electron chi connectivity index (χ1n) is 6.13. The van der Waals surface area contributed by atoms with Crippen LogP contribution >= 0.6 is 0 Å². The molecule has 0 aromatic carbocycles. The highest BCUT2D eigenvalue weighted by molar-refractivity contribution is 4.88. The van der Waals surface area contributed by atoms with E-state index in [4.69, 9.17) is 0 Å². The summed E-state index contributed by atoms with van der Waals surface area (Å²) in [7, 11) is 2.22. The average Bonchev–Trinajstić information content (AvgIpc) is 2.93. The lowest BCUT2D eigenvalue weighted by Gasteiger charge is -2.16. The molecule has 2 nitrogen and oxygen atoms in total. The fourth-order valence-corrected chi connectivity index (χ4v) is 2.03. The third-order valence-electron chi connectivity index (χ3n) is 3.29. The topological polar surface area (TPSA) is 6.25 Å². The molecule has 0 amide bonds. The normalized spacial score (nSPS) is 28.1. The van der Waals surface area contributed by atoms with Crippen molar-refractivity contribution in [3.05, 3.63) is 0 Å². The highest BCUT2D eigenvalue weighted by Gasteiger charge is 2.36. The SMILES string of the molecule is CCCCC(C)CN1CC1N(C)CC.